The van der Waals surface area contributed by atoms with E-state index in [0.29, 0.717) is 10.0 Å². The summed E-state index contributed by atoms with van der Waals surface area (Å²) in [6.45, 7) is 10.5. The first-order valence-corrected chi connectivity index (χ1v) is 9.98. The van der Waals surface area contributed by atoms with E-state index in [4.69, 9.17) is 32.7 Å². The number of anilines is 1. The first-order valence-electron chi connectivity index (χ1n) is 9.23. The summed E-state index contributed by atoms with van der Waals surface area (Å²) < 4.78 is 8.18. The quantitative estimate of drug-likeness (QED) is 0.465. The minimum atomic E-state index is 0.601. The second-order valence-corrected chi connectivity index (χ2v) is 7.33. The SMILES string of the molecule is CCCN(CCC)c1c(C)nn2c(-c3ccc(Cl)cc3Cl)c(CC)oc12. The van der Waals surface area contributed by atoms with E-state index < -0.39 is 0 Å². The van der Waals surface area contributed by atoms with E-state index in [-0.39, 0.29) is 0 Å². The minimum absolute atomic E-state index is 0.601. The Morgan fingerprint density at radius 2 is 1.81 bits per heavy atom. The fraction of sp³-hybridized carbons (Fsp3) is 0.450. The molecule has 0 unspecified atom stereocenters. The van der Waals surface area contributed by atoms with Crippen molar-refractivity contribution in [2.24, 2.45) is 0 Å². The number of oxazole rings is 1. The molecule has 0 saturated heterocycles. The van der Waals surface area contributed by atoms with Gasteiger partial charge in [-0.25, -0.2) is 0 Å². The number of rotatable bonds is 7. The van der Waals surface area contributed by atoms with Crippen LogP contribution in [0.3, 0.4) is 0 Å². The molecular formula is C20H25Cl2N3O. The molecule has 0 spiro atoms. The van der Waals surface area contributed by atoms with Gasteiger partial charge in [-0.15, -0.1) is 0 Å². The maximum atomic E-state index is 6.48. The molecule has 3 aromatic rings. The number of aryl methyl sites for hydroxylation is 2. The molecule has 4 nitrogen and oxygen atoms in total. The van der Waals surface area contributed by atoms with Crippen LogP contribution in [0.15, 0.2) is 22.6 Å². The normalized spacial score (nSPS) is 11.5. The monoisotopic (exact) mass is 393 g/mol. The molecule has 1 aromatic carbocycles. The van der Waals surface area contributed by atoms with Gasteiger partial charge >= 0.3 is 0 Å². The lowest BCUT2D eigenvalue weighted by Gasteiger charge is -2.22. The molecule has 0 amide bonds. The lowest BCUT2D eigenvalue weighted by atomic mass is 10.1. The van der Waals surface area contributed by atoms with Crippen molar-refractivity contribution in [2.75, 3.05) is 18.0 Å². The Labute approximate surface area is 164 Å². The zero-order chi connectivity index (χ0) is 18.8. The van der Waals surface area contributed by atoms with Gasteiger partial charge in [0.15, 0.2) is 0 Å². The summed E-state index contributed by atoms with van der Waals surface area (Å²) >= 11 is 12.6. The van der Waals surface area contributed by atoms with Gasteiger partial charge < -0.3 is 9.32 Å². The molecule has 0 fully saturated rings. The molecule has 0 saturated carbocycles. The molecule has 2 aromatic heterocycles. The minimum Gasteiger partial charge on any atom is -0.439 e. The lowest BCUT2D eigenvalue weighted by molar-refractivity contribution is 0.551. The molecule has 0 atom stereocenters. The van der Waals surface area contributed by atoms with E-state index in [1.54, 1.807) is 6.07 Å². The van der Waals surface area contributed by atoms with Crippen LogP contribution in [0.25, 0.3) is 17.0 Å². The Morgan fingerprint density at radius 3 is 2.38 bits per heavy atom. The van der Waals surface area contributed by atoms with Crippen LogP contribution in [0.4, 0.5) is 5.69 Å². The molecule has 0 aliphatic heterocycles. The van der Waals surface area contributed by atoms with E-state index in [9.17, 15) is 0 Å². The highest BCUT2D eigenvalue weighted by molar-refractivity contribution is 6.36. The molecule has 0 radical (unpaired) electrons. The summed E-state index contributed by atoms with van der Waals surface area (Å²) in [5.41, 5.74) is 4.64. The summed E-state index contributed by atoms with van der Waals surface area (Å²) in [5, 5.41) is 6.01. The zero-order valence-corrected chi connectivity index (χ0v) is 17.3. The van der Waals surface area contributed by atoms with E-state index in [1.807, 2.05) is 23.6 Å². The smallest absolute Gasteiger partial charge is 0.246 e. The maximum absolute atomic E-state index is 6.48. The first-order chi connectivity index (χ1) is 12.5. The summed E-state index contributed by atoms with van der Waals surface area (Å²) in [6.07, 6.45) is 2.92. The van der Waals surface area contributed by atoms with Crippen molar-refractivity contribution in [2.45, 2.75) is 47.0 Å². The van der Waals surface area contributed by atoms with Crippen LogP contribution in [0.5, 0.6) is 0 Å². The fourth-order valence-corrected chi connectivity index (χ4v) is 3.95. The Morgan fingerprint density at radius 1 is 1.12 bits per heavy atom. The van der Waals surface area contributed by atoms with Crippen molar-refractivity contribution in [3.05, 3.63) is 39.7 Å². The molecule has 140 valence electrons. The van der Waals surface area contributed by atoms with Gasteiger partial charge in [-0.3, -0.25) is 0 Å². The Hall–Kier alpha value is -1.65. The molecular weight excluding hydrogens is 369 g/mol. The van der Waals surface area contributed by atoms with Crippen LogP contribution < -0.4 is 4.90 Å². The number of halogens is 2. The van der Waals surface area contributed by atoms with E-state index in [0.717, 1.165) is 66.5 Å². The second-order valence-electron chi connectivity index (χ2n) is 6.49. The van der Waals surface area contributed by atoms with Crippen molar-refractivity contribution in [1.29, 1.82) is 0 Å². The van der Waals surface area contributed by atoms with Crippen LogP contribution in [0.2, 0.25) is 10.0 Å². The third-order valence-electron chi connectivity index (χ3n) is 4.49. The standard InChI is InChI=1S/C20H25Cl2N3O/c1-5-10-24(11-6-2)18-13(4)23-25-19(17(7-3)26-20(18)25)15-9-8-14(21)12-16(15)22/h8-9,12H,5-7,10-11H2,1-4H3. The number of benzene rings is 1. The van der Waals surface area contributed by atoms with Gasteiger partial charge in [-0.05, 0) is 38.0 Å². The van der Waals surface area contributed by atoms with Crippen molar-refractivity contribution < 1.29 is 4.42 Å². The fourth-order valence-electron chi connectivity index (χ4n) is 3.45. The van der Waals surface area contributed by atoms with Crippen LogP contribution >= 0.6 is 23.2 Å². The van der Waals surface area contributed by atoms with E-state index >= 15 is 0 Å². The predicted octanol–water partition coefficient (Wildman–Crippen LogP) is 6.40. The first kappa shape index (κ1) is 19.1. The largest absolute Gasteiger partial charge is 0.439 e. The van der Waals surface area contributed by atoms with Gasteiger partial charge in [0.05, 0.1) is 10.7 Å². The van der Waals surface area contributed by atoms with Gasteiger partial charge in [0.25, 0.3) is 0 Å². The summed E-state index contributed by atoms with van der Waals surface area (Å²) in [7, 11) is 0. The molecule has 0 aliphatic carbocycles. The van der Waals surface area contributed by atoms with Gasteiger partial charge in [0, 0.05) is 30.1 Å². The Bertz CT molecular complexity index is 908. The number of aromatic nitrogens is 2. The maximum Gasteiger partial charge on any atom is 0.246 e. The Balaban J connectivity index is 2.24. The number of hydrogen-bond donors (Lipinski definition) is 0. The number of nitrogens with zero attached hydrogens (tertiary/aromatic N) is 3. The molecule has 0 aliphatic rings. The van der Waals surface area contributed by atoms with E-state index in [2.05, 4.69) is 25.7 Å². The van der Waals surface area contributed by atoms with Crippen LogP contribution in [0.1, 0.15) is 45.1 Å². The Kier molecular flexibility index (Phi) is 5.83. The molecule has 2 heterocycles. The molecule has 0 N–H and O–H groups in total. The third-order valence-corrected chi connectivity index (χ3v) is 5.04. The summed E-state index contributed by atoms with van der Waals surface area (Å²) in [6, 6.07) is 5.54. The van der Waals surface area contributed by atoms with E-state index in [1.165, 1.54) is 0 Å². The number of fused-ring (bicyclic) bond motifs is 1. The highest BCUT2D eigenvalue weighted by atomic mass is 35.5. The topological polar surface area (TPSA) is 33.7 Å². The molecule has 3 rings (SSSR count). The zero-order valence-electron chi connectivity index (χ0n) is 15.8. The summed E-state index contributed by atoms with van der Waals surface area (Å²) in [4.78, 5) is 2.37. The van der Waals surface area contributed by atoms with Gasteiger partial charge in [-0.1, -0.05) is 44.0 Å². The van der Waals surface area contributed by atoms with Crippen molar-refractivity contribution in [1.82, 2.24) is 9.61 Å². The molecule has 26 heavy (non-hydrogen) atoms. The van der Waals surface area contributed by atoms with Crippen LogP contribution in [0, 0.1) is 6.92 Å². The third kappa shape index (κ3) is 3.33. The highest BCUT2D eigenvalue weighted by Gasteiger charge is 2.25. The summed E-state index contributed by atoms with van der Waals surface area (Å²) in [5.74, 6) is 0.880. The van der Waals surface area contributed by atoms with Crippen LogP contribution in [-0.4, -0.2) is 22.7 Å². The average Bonchev–Trinajstić information content (AvgIpc) is 3.09. The van der Waals surface area contributed by atoms with Crippen molar-refractivity contribution in [3.63, 3.8) is 0 Å². The van der Waals surface area contributed by atoms with Gasteiger partial charge in [0.1, 0.15) is 17.1 Å². The highest BCUT2D eigenvalue weighted by Crippen LogP contribution is 2.38. The average molecular weight is 394 g/mol. The molecule has 6 heteroatoms. The second kappa shape index (κ2) is 7.93. The van der Waals surface area contributed by atoms with Gasteiger partial charge in [0.2, 0.25) is 5.71 Å². The molecule has 0 bridgehead atoms. The van der Waals surface area contributed by atoms with Crippen molar-refractivity contribution >= 4 is 34.6 Å². The van der Waals surface area contributed by atoms with Crippen LogP contribution in [-0.2, 0) is 6.42 Å². The lowest BCUT2D eigenvalue weighted by Crippen LogP contribution is -2.25. The number of hydrogen-bond acceptors (Lipinski definition) is 3. The predicted molar refractivity (Wildman–Crippen MR) is 110 cm³/mol. The van der Waals surface area contributed by atoms with Crippen molar-refractivity contribution in [3.8, 4) is 11.3 Å². The van der Waals surface area contributed by atoms with Gasteiger partial charge in [-0.2, -0.15) is 9.61 Å².